The quantitative estimate of drug-likeness (QED) is 0.324. The van der Waals surface area contributed by atoms with E-state index < -0.39 is 6.04 Å². The fraction of sp³-hybridized carbons (Fsp3) is 0.357. The molecule has 4 aromatic rings. The third-order valence-corrected chi connectivity index (χ3v) is 6.53. The van der Waals surface area contributed by atoms with Gasteiger partial charge in [0, 0.05) is 13.2 Å². The number of carbonyl (C=O) groups is 2. The van der Waals surface area contributed by atoms with Gasteiger partial charge in [-0.3, -0.25) is 9.59 Å². The number of ether oxygens (including phenoxy) is 2. The number of fused-ring (bicyclic) bond motifs is 1. The van der Waals surface area contributed by atoms with Gasteiger partial charge in [0.2, 0.25) is 11.8 Å². The van der Waals surface area contributed by atoms with Crippen molar-refractivity contribution in [3.63, 3.8) is 0 Å². The SMILES string of the molecule is CCOc1ccc([C@@H](C(=O)NC[C@H]2CCCO2)N(Cc2ccco2)C(=O)Cn2nnc3ccccc32)cc1. The van der Waals surface area contributed by atoms with Gasteiger partial charge in [-0.1, -0.05) is 29.5 Å². The molecule has 1 fully saturated rings. The maximum absolute atomic E-state index is 13.9. The summed E-state index contributed by atoms with van der Waals surface area (Å²) in [4.78, 5) is 29.2. The maximum atomic E-state index is 13.9. The molecule has 10 nitrogen and oxygen atoms in total. The number of rotatable bonds is 11. The van der Waals surface area contributed by atoms with Crippen LogP contribution in [0.2, 0.25) is 0 Å². The lowest BCUT2D eigenvalue weighted by molar-refractivity contribution is -0.142. The number of carbonyl (C=O) groups excluding carboxylic acids is 2. The van der Waals surface area contributed by atoms with E-state index in [1.54, 1.807) is 35.2 Å². The normalized spacial score (nSPS) is 15.9. The smallest absolute Gasteiger partial charge is 0.247 e. The van der Waals surface area contributed by atoms with Crippen molar-refractivity contribution in [2.45, 2.75) is 45.0 Å². The Labute approximate surface area is 220 Å². The molecule has 1 aliphatic heterocycles. The Hall–Kier alpha value is -4.18. The van der Waals surface area contributed by atoms with E-state index in [0.717, 1.165) is 18.4 Å². The second-order valence-electron chi connectivity index (χ2n) is 9.12. The van der Waals surface area contributed by atoms with Gasteiger partial charge in [0.05, 0.1) is 31.0 Å². The number of aromatic nitrogens is 3. The lowest BCUT2D eigenvalue weighted by Gasteiger charge is -2.31. The molecule has 2 atom stereocenters. The van der Waals surface area contributed by atoms with Gasteiger partial charge >= 0.3 is 0 Å². The number of para-hydroxylation sites is 1. The summed E-state index contributed by atoms with van der Waals surface area (Å²) < 4.78 is 18.4. The highest BCUT2D eigenvalue weighted by Crippen LogP contribution is 2.27. The average Bonchev–Trinajstić information content (AvgIpc) is 3.71. The van der Waals surface area contributed by atoms with Crippen LogP contribution in [0.15, 0.2) is 71.3 Å². The molecule has 1 saturated heterocycles. The van der Waals surface area contributed by atoms with Crippen LogP contribution in [0, 0.1) is 0 Å². The van der Waals surface area contributed by atoms with Crippen LogP contribution in [0.5, 0.6) is 5.75 Å². The van der Waals surface area contributed by atoms with Crippen LogP contribution in [0.1, 0.15) is 37.1 Å². The second-order valence-corrected chi connectivity index (χ2v) is 9.12. The summed E-state index contributed by atoms with van der Waals surface area (Å²) in [5.74, 6) is 0.647. The Morgan fingerprint density at radius 1 is 1.16 bits per heavy atom. The molecule has 3 heterocycles. The third kappa shape index (κ3) is 5.86. The van der Waals surface area contributed by atoms with Gasteiger partial charge in [-0.05, 0) is 61.7 Å². The lowest BCUT2D eigenvalue weighted by atomic mass is 10.0. The molecule has 2 aromatic carbocycles. The molecule has 1 aliphatic rings. The molecule has 1 N–H and O–H groups in total. The molecule has 0 spiro atoms. The summed E-state index contributed by atoms with van der Waals surface area (Å²) in [5, 5.41) is 11.3. The van der Waals surface area contributed by atoms with E-state index in [4.69, 9.17) is 13.9 Å². The van der Waals surface area contributed by atoms with Crippen LogP contribution in [-0.4, -0.2) is 57.6 Å². The van der Waals surface area contributed by atoms with Gasteiger partial charge in [-0.15, -0.1) is 5.10 Å². The van der Waals surface area contributed by atoms with Gasteiger partial charge in [0.15, 0.2) is 0 Å². The highest BCUT2D eigenvalue weighted by Gasteiger charge is 2.33. The molecular formula is C28H31N5O5. The number of hydrogen-bond acceptors (Lipinski definition) is 7. The van der Waals surface area contributed by atoms with Crippen LogP contribution in [0.4, 0.5) is 0 Å². The Kier molecular flexibility index (Phi) is 7.98. The predicted molar refractivity (Wildman–Crippen MR) is 139 cm³/mol. The van der Waals surface area contributed by atoms with E-state index >= 15 is 0 Å². The average molecular weight is 518 g/mol. The summed E-state index contributed by atoms with van der Waals surface area (Å²) in [5.41, 5.74) is 2.08. The van der Waals surface area contributed by atoms with E-state index in [0.29, 0.717) is 42.3 Å². The number of amides is 2. The topological polar surface area (TPSA) is 112 Å². The van der Waals surface area contributed by atoms with E-state index in [1.165, 1.54) is 4.90 Å². The number of furan rings is 1. The monoisotopic (exact) mass is 517 g/mol. The van der Waals surface area contributed by atoms with E-state index in [9.17, 15) is 9.59 Å². The largest absolute Gasteiger partial charge is 0.494 e. The maximum Gasteiger partial charge on any atom is 0.247 e. The van der Waals surface area contributed by atoms with Crippen LogP contribution >= 0.6 is 0 Å². The van der Waals surface area contributed by atoms with Crippen molar-refractivity contribution in [3.05, 3.63) is 78.3 Å². The zero-order valence-corrected chi connectivity index (χ0v) is 21.3. The fourth-order valence-electron chi connectivity index (χ4n) is 4.65. The van der Waals surface area contributed by atoms with Crippen LogP contribution in [0.3, 0.4) is 0 Å². The molecule has 0 bridgehead atoms. The van der Waals surface area contributed by atoms with E-state index in [-0.39, 0.29) is 31.0 Å². The minimum Gasteiger partial charge on any atom is -0.494 e. The summed E-state index contributed by atoms with van der Waals surface area (Å²) in [6, 6.07) is 17.3. The van der Waals surface area contributed by atoms with E-state index in [1.807, 2.05) is 43.3 Å². The summed E-state index contributed by atoms with van der Waals surface area (Å²) in [6.45, 7) is 3.52. The highest BCUT2D eigenvalue weighted by atomic mass is 16.5. The van der Waals surface area contributed by atoms with Crippen molar-refractivity contribution >= 4 is 22.8 Å². The first-order chi connectivity index (χ1) is 18.6. The zero-order chi connectivity index (χ0) is 26.3. The Morgan fingerprint density at radius 2 is 2.00 bits per heavy atom. The molecule has 0 radical (unpaired) electrons. The Morgan fingerprint density at radius 3 is 2.74 bits per heavy atom. The zero-order valence-electron chi connectivity index (χ0n) is 21.3. The molecule has 10 heteroatoms. The number of nitrogens with one attached hydrogen (secondary N) is 1. The van der Waals surface area contributed by atoms with Gasteiger partial charge in [-0.25, -0.2) is 4.68 Å². The third-order valence-electron chi connectivity index (χ3n) is 6.53. The first-order valence-electron chi connectivity index (χ1n) is 12.8. The summed E-state index contributed by atoms with van der Waals surface area (Å²) in [6.07, 6.45) is 3.38. The van der Waals surface area contributed by atoms with Gasteiger partial charge in [0.25, 0.3) is 0 Å². The Balaban J connectivity index is 1.47. The first kappa shape index (κ1) is 25.5. The lowest BCUT2D eigenvalue weighted by Crippen LogP contribution is -2.46. The molecule has 2 amide bonds. The minimum atomic E-state index is -0.917. The van der Waals surface area contributed by atoms with Crippen LogP contribution in [0.25, 0.3) is 11.0 Å². The van der Waals surface area contributed by atoms with Crippen molar-refractivity contribution in [2.75, 3.05) is 19.8 Å². The fourth-order valence-corrected chi connectivity index (χ4v) is 4.65. The van der Waals surface area contributed by atoms with Gasteiger partial charge < -0.3 is 24.1 Å². The summed E-state index contributed by atoms with van der Waals surface area (Å²) in [7, 11) is 0. The van der Waals surface area contributed by atoms with Crippen molar-refractivity contribution in [1.82, 2.24) is 25.2 Å². The van der Waals surface area contributed by atoms with Gasteiger partial charge in [0.1, 0.15) is 29.6 Å². The molecule has 0 saturated carbocycles. The van der Waals surface area contributed by atoms with Crippen LogP contribution < -0.4 is 10.1 Å². The molecule has 2 aromatic heterocycles. The number of hydrogen-bond donors (Lipinski definition) is 1. The van der Waals surface area contributed by atoms with Crippen LogP contribution in [-0.2, 0) is 27.4 Å². The molecule has 0 aliphatic carbocycles. The standard InChI is InChI=1S/C28H31N5O5/c1-2-36-21-13-11-20(12-14-21)27(28(35)29-17-22-7-5-15-37-22)32(18-23-8-6-16-38-23)26(34)19-33-25-10-4-3-9-24(25)30-31-33/h3-4,6,8-14,16,22,27H,2,5,7,15,17-19H2,1H3,(H,29,35)/t22-,27+/m1/s1. The molecule has 5 rings (SSSR count). The summed E-state index contributed by atoms with van der Waals surface area (Å²) >= 11 is 0. The van der Waals surface area contributed by atoms with Crippen molar-refractivity contribution in [2.24, 2.45) is 0 Å². The minimum absolute atomic E-state index is 0.0318. The molecule has 198 valence electrons. The van der Waals surface area contributed by atoms with Crippen molar-refractivity contribution in [3.8, 4) is 5.75 Å². The highest BCUT2D eigenvalue weighted by molar-refractivity contribution is 5.89. The van der Waals surface area contributed by atoms with Crippen molar-refractivity contribution < 1.29 is 23.5 Å². The number of nitrogens with zero attached hydrogens (tertiary/aromatic N) is 4. The van der Waals surface area contributed by atoms with E-state index in [2.05, 4.69) is 15.6 Å². The Bertz CT molecular complexity index is 1350. The number of benzene rings is 2. The predicted octanol–water partition coefficient (Wildman–Crippen LogP) is 3.49. The van der Waals surface area contributed by atoms with Gasteiger partial charge in [-0.2, -0.15) is 0 Å². The molecule has 0 unspecified atom stereocenters. The molecular weight excluding hydrogens is 486 g/mol. The first-order valence-corrected chi connectivity index (χ1v) is 12.8. The second kappa shape index (κ2) is 11.9. The van der Waals surface area contributed by atoms with Crippen molar-refractivity contribution in [1.29, 1.82) is 0 Å². The molecule has 38 heavy (non-hydrogen) atoms.